The number of ether oxygens (including phenoxy) is 1. The van der Waals surface area contributed by atoms with Crippen molar-refractivity contribution < 1.29 is 32.5 Å². The van der Waals surface area contributed by atoms with Crippen LogP contribution in [-0.4, -0.2) is 32.7 Å². The zero-order chi connectivity index (χ0) is 24.1. The van der Waals surface area contributed by atoms with Crippen LogP contribution in [0.15, 0.2) is 77.5 Å². The molecule has 4 rings (SSSR count). The highest BCUT2D eigenvalue weighted by Gasteiger charge is 2.25. The molecule has 4 N–H and O–H groups in total. The van der Waals surface area contributed by atoms with Gasteiger partial charge in [-0.25, -0.2) is 8.96 Å². The minimum Gasteiger partial charge on any atom is -0.489 e. The minimum atomic E-state index is -4.62. The van der Waals surface area contributed by atoms with Gasteiger partial charge >= 0.3 is 7.82 Å². The van der Waals surface area contributed by atoms with Gasteiger partial charge in [0.25, 0.3) is 0 Å². The molecule has 2 aromatic carbocycles. The minimum absolute atomic E-state index is 0.319. The van der Waals surface area contributed by atoms with Crippen LogP contribution in [0.3, 0.4) is 0 Å². The Labute approximate surface area is 195 Å². The number of hydrogen-bond donors (Lipinski definition) is 3. The Hall–Kier alpha value is -3.27. The number of hydrogen-bond acceptors (Lipinski definition) is 7. The van der Waals surface area contributed by atoms with E-state index in [4.69, 9.17) is 24.8 Å². The van der Waals surface area contributed by atoms with Gasteiger partial charge in [-0.05, 0) is 29.3 Å². The average molecular weight is 487 g/mol. The zero-order valence-electron chi connectivity index (χ0n) is 18.0. The van der Waals surface area contributed by atoms with E-state index in [0.717, 1.165) is 11.1 Å². The molecule has 0 bridgehead atoms. The first kappa shape index (κ1) is 23.9. The number of phosphoric ester groups is 1. The van der Waals surface area contributed by atoms with E-state index in [2.05, 4.69) is 9.68 Å². The van der Waals surface area contributed by atoms with Gasteiger partial charge in [0.2, 0.25) is 0 Å². The SMILES string of the molecule is NC1C(c2cc(Cc3ccc(COc4cccc(F)c4)cc3)no2)=CC=CN1COP(=O)(O)O. The number of halogens is 1. The van der Waals surface area contributed by atoms with Crippen molar-refractivity contribution in [1.82, 2.24) is 10.1 Å². The second kappa shape index (κ2) is 10.3. The number of aromatic nitrogens is 1. The van der Waals surface area contributed by atoms with Gasteiger partial charge in [0.1, 0.15) is 31.1 Å². The van der Waals surface area contributed by atoms with Crippen LogP contribution in [0, 0.1) is 5.82 Å². The molecule has 0 saturated carbocycles. The number of nitrogens with two attached hydrogens (primary N) is 1. The van der Waals surface area contributed by atoms with E-state index in [-0.39, 0.29) is 12.5 Å². The maximum atomic E-state index is 13.2. The number of rotatable bonds is 9. The van der Waals surface area contributed by atoms with E-state index in [1.54, 1.807) is 36.6 Å². The Kier molecular flexibility index (Phi) is 7.26. The van der Waals surface area contributed by atoms with Crippen molar-refractivity contribution >= 4 is 13.4 Å². The molecule has 0 spiro atoms. The predicted molar refractivity (Wildman–Crippen MR) is 121 cm³/mol. The van der Waals surface area contributed by atoms with Gasteiger partial charge in [0, 0.05) is 30.3 Å². The van der Waals surface area contributed by atoms with Crippen LogP contribution in [0.5, 0.6) is 5.75 Å². The summed E-state index contributed by atoms with van der Waals surface area (Å²) in [5, 5.41) is 4.11. The molecule has 1 aliphatic rings. The van der Waals surface area contributed by atoms with Gasteiger partial charge in [-0.1, -0.05) is 41.6 Å². The fraction of sp³-hybridized carbons (Fsp3) is 0.174. The smallest absolute Gasteiger partial charge is 0.471 e. The van der Waals surface area contributed by atoms with Crippen molar-refractivity contribution in [2.24, 2.45) is 5.73 Å². The first-order valence-electron chi connectivity index (χ1n) is 10.3. The summed E-state index contributed by atoms with van der Waals surface area (Å²) in [6, 6.07) is 15.5. The zero-order valence-corrected chi connectivity index (χ0v) is 18.8. The molecule has 1 aromatic heterocycles. The fourth-order valence-corrected chi connectivity index (χ4v) is 3.62. The summed E-state index contributed by atoms with van der Waals surface area (Å²) in [4.78, 5) is 19.2. The monoisotopic (exact) mass is 487 g/mol. The molecule has 11 heteroatoms. The largest absolute Gasteiger partial charge is 0.489 e. The molecule has 0 fully saturated rings. The molecule has 3 aromatic rings. The van der Waals surface area contributed by atoms with Gasteiger partial charge in [-0.3, -0.25) is 4.52 Å². The number of phosphoric acid groups is 1. The van der Waals surface area contributed by atoms with Crippen molar-refractivity contribution in [3.8, 4) is 5.75 Å². The molecule has 0 saturated heterocycles. The second-order valence-corrected chi connectivity index (χ2v) is 8.83. The van der Waals surface area contributed by atoms with Crippen LogP contribution in [-0.2, 0) is 22.1 Å². The van der Waals surface area contributed by atoms with E-state index >= 15 is 0 Å². The van der Waals surface area contributed by atoms with Gasteiger partial charge in [-0.15, -0.1) is 0 Å². The number of allylic oxidation sites excluding steroid dienone is 2. The maximum Gasteiger partial charge on any atom is 0.471 e. The Balaban J connectivity index is 1.35. The highest BCUT2D eigenvalue weighted by molar-refractivity contribution is 7.46. The Morgan fingerprint density at radius 3 is 2.65 bits per heavy atom. The molecule has 9 nitrogen and oxygen atoms in total. The van der Waals surface area contributed by atoms with Crippen molar-refractivity contribution in [3.05, 3.63) is 101 Å². The molecular weight excluding hydrogens is 464 g/mol. The lowest BCUT2D eigenvalue weighted by atomic mass is 10.0. The summed E-state index contributed by atoms with van der Waals surface area (Å²) in [5.74, 6) is 0.576. The van der Waals surface area contributed by atoms with Crippen LogP contribution >= 0.6 is 7.82 Å². The van der Waals surface area contributed by atoms with E-state index in [0.29, 0.717) is 35.8 Å². The van der Waals surface area contributed by atoms with Crippen LogP contribution in [0.25, 0.3) is 5.57 Å². The lowest BCUT2D eigenvalue weighted by molar-refractivity contribution is 0.110. The fourth-order valence-electron chi connectivity index (χ4n) is 3.34. The van der Waals surface area contributed by atoms with Crippen LogP contribution < -0.4 is 10.5 Å². The highest BCUT2D eigenvalue weighted by Crippen LogP contribution is 2.36. The molecular formula is C23H23FN3O6P. The van der Waals surface area contributed by atoms with Gasteiger partial charge < -0.3 is 29.7 Å². The van der Waals surface area contributed by atoms with E-state index in [9.17, 15) is 8.96 Å². The maximum absolute atomic E-state index is 13.2. The summed E-state index contributed by atoms with van der Waals surface area (Å²) >= 11 is 0. The van der Waals surface area contributed by atoms with Crippen LogP contribution in [0.1, 0.15) is 22.6 Å². The van der Waals surface area contributed by atoms with E-state index in [1.165, 1.54) is 17.0 Å². The first-order valence-corrected chi connectivity index (χ1v) is 11.8. The lowest BCUT2D eigenvalue weighted by Crippen LogP contribution is -2.41. The third-order valence-corrected chi connectivity index (χ3v) is 5.51. The molecule has 178 valence electrons. The van der Waals surface area contributed by atoms with Gasteiger partial charge in [0.15, 0.2) is 5.76 Å². The van der Waals surface area contributed by atoms with Crippen molar-refractivity contribution in [3.63, 3.8) is 0 Å². The van der Waals surface area contributed by atoms with E-state index in [1.807, 2.05) is 24.3 Å². The molecule has 1 atom stereocenters. The summed E-state index contributed by atoms with van der Waals surface area (Å²) in [7, 11) is -4.62. The van der Waals surface area contributed by atoms with Gasteiger partial charge in [0.05, 0.1) is 5.69 Å². The third kappa shape index (κ3) is 6.40. The van der Waals surface area contributed by atoms with Crippen molar-refractivity contribution in [2.45, 2.75) is 19.2 Å². The van der Waals surface area contributed by atoms with Gasteiger partial charge in [-0.2, -0.15) is 0 Å². The molecule has 0 aliphatic carbocycles. The summed E-state index contributed by atoms with van der Waals surface area (Å²) in [5.41, 5.74) is 9.43. The molecule has 0 radical (unpaired) electrons. The number of benzene rings is 2. The lowest BCUT2D eigenvalue weighted by Gasteiger charge is -2.30. The highest BCUT2D eigenvalue weighted by atomic mass is 31.2. The number of nitrogens with zero attached hydrogens (tertiary/aromatic N) is 2. The molecule has 0 amide bonds. The molecule has 1 unspecified atom stereocenters. The van der Waals surface area contributed by atoms with Crippen molar-refractivity contribution in [1.29, 1.82) is 0 Å². The Morgan fingerprint density at radius 2 is 1.91 bits per heavy atom. The molecule has 1 aliphatic heterocycles. The van der Waals surface area contributed by atoms with Crippen molar-refractivity contribution in [2.75, 3.05) is 6.73 Å². The Morgan fingerprint density at radius 1 is 1.15 bits per heavy atom. The second-order valence-electron chi connectivity index (χ2n) is 7.59. The topological polar surface area (TPSA) is 131 Å². The summed E-state index contributed by atoms with van der Waals surface area (Å²) in [6.07, 6.45) is 4.79. The molecule has 2 heterocycles. The summed E-state index contributed by atoms with van der Waals surface area (Å²) in [6.45, 7) is -0.0603. The quantitative estimate of drug-likeness (QED) is 0.388. The molecule has 34 heavy (non-hydrogen) atoms. The standard InChI is InChI=1S/C23H23FN3O6P/c24-18-3-1-4-20(12-18)31-14-17-8-6-16(7-9-17)11-19-13-22(33-26-19)21-5-2-10-27(23(21)25)15-32-34(28,29)30/h1-10,12-13,23H,11,14-15,25H2,(H2,28,29,30). The van der Waals surface area contributed by atoms with E-state index < -0.39 is 14.0 Å². The third-order valence-electron chi connectivity index (χ3n) is 5.06. The summed E-state index contributed by atoms with van der Waals surface area (Å²) < 4.78 is 39.8. The van der Waals surface area contributed by atoms with Crippen LogP contribution in [0.2, 0.25) is 0 Å². The normalized spacial score (nSPS) is 15.9. The van der Waals surface area contributed by atoms with Crippen LogP contribution in [0.4, 0.5) is 4.39 Å². The average Bonchev–Trinajstić information content (AvgIpc) is 3.25. The Bertz CT molecular complexity index is 1240. The predicted octanol–water partition coefficient (Wildman–Crippen LogP) is 3.55. The first-order chi connectivity index (χ1) is 16.3.